The Bertz CT molecular complexity index is 1120. The fourth-order valence-corrected chi connectivity index (χ4v) is 4.69. The quantitative estimate of drug-likeness (QED) is 0.316. The molecular formula is C28H33NO6. The molecule has 2 saturated heterocycles. The van der Waals surface area contributed by atoms with Gasteiger partial charge < -0.3 is 24.2 Å². The summed E-state index contributed by atoms with van der Waals surface area (Å²) in [7, 11) is 0. The molecule has 2 aliphatic rings. The SMILES string of the molecule is CCCOc1ccc(/C(O)=C2\C(=O)C(=O)N(CC3CCCO3)C2c2cccc(OCC)c2)cc1C. The van der Waals surface area contributed by atoms with Crippen molar-refractivity contribution < 1.29 is 28.9 Å². The Morgan fingerprint density at radius 3 is 2.66 bits per heavy atom. The van der Waals surface area contributed by atoms with Crippen LogP contribution in [0.5, 0.6) is 11.5 Å². The van der Waals surface area contributed by atoms with Gasteiger partial charge in [0.05, 0.1) is 30.9 Å². The van der Waals surface area contributed by atoms with Gasteiger partial charge in [0.25, 0.3) is 11.7 Å². The first-order valence-electron chi connectivity index (χ1n) is 12.3. The van der Waals surface area contributed by atoms with Crippen LogP contribution in [0.25, 0.3) is 5.76 Å². The molecule has 2 aromatic carbocycles. The number of rotatable bonds is 9. The number of hydrogen-bond acceptors (Lipinski definition) is 6. The molecule has 7 nitrogen and oxygen atoms in total. The van der Waals surface area contributed by atoms with Crippen molar-refractivity contribution in [3.8, 4) is 11.5 Å². The average Bonchev–Trinajstić information content (AvgIpc) is 3.45. The maximum atomic E-state index is 13.3. The second-order valence-corrected chi connectivity index (χ2v) is 8.92. The molecule has 186 valence electrons. The Morgan fingerprint density at radius 2 is 1.97 bits per heavy atom. The third-order valence-electron chi connectivity index (χ3n) is 6.36. The normalized spacial score (nSPS) is 21.5. The molecular weight excluding hydrogens is 446 g/mol. The van der Waals surface area contributed by atoms with Crippen molar-refractivity contribution in [1.29, 1.82) is 0 Å². The van der Waals surface area contributed by atoms with Crippen molar-refractivity contribution in [2.75, 3.05) is 26.4 Å². The number of hydrogen-bond donors (Lipinski definition) is 1. The highest BCUT2D eigenvalue weighted by Crippen LogP contribution is 2.41. The van der Waals surface area contributed by atoms with Crippen molar-refractivity contribution in [2.45, 2.75) is 52.2 Å². The summed E-state index contributed by atoms with van der Waals surface area (Å²) in [6, 6.07) is 11.9. The monoisotopic (exact) mass is 479 g/mol. The highest BCUT2D eigenvalue weighted by atomic mass is 16.5. The number of amides is 1. The molecule has 1 N–H and O–H groups in total. The van der Waals surface area contributed by atoms with Crippen LogP contribution in [0.3, 0.4) is 0 Å². The lowest BCUT2D eigenvalue weighted by atomic mass is 9.94. The van der Waals surface area contributed by atoms with E-state index in [4.69, 9.17) is 14.2 Å². The van der Waals surface area contributed by atoms with Crippen molar-refractivity contribution >= 4 is 17.4 Å². The van der Waals surface area contributed by atoms with E-state index in [1.54, 1.807) is 18.2 Å². The summed E-state index contributed by atoms with van der Waals surface area (Å²) in [4.78, 5) is 28.0. The van der Waals surface area contributed by atoms with Crippen LogP contribution in [0.4, 0.5) is 0 Å². The van der Waals surface area contributed by atoms with Gasteiger partial charge in [0, 0.05) is 18.7 Å². The zero-order chi connectivity index (χ0) is 24.9. The van der Waals surface area contributed by atoms with Gasteiger partial charge in [-0.15, -0.1) is 0 Å². The van der Waals surface area contributed by atoms with E-state index in [1.807, 2.05) is 45.0 Å². The molecule has 2 unspecified atom stereocenters. The summed E-state index contributed by atoms with van der Waals surface area (Å²) in [6.45, 7) is 7.83. The van der Waals surface area contributed by atoms with Gasteiger partial charge in [-0.2, -0.15) is 0 Å². The van der Waals surface area contributed by atoms with Gasteiger partial charge in [0.2, 0.25) is 0 Å². The van der Waals surface area contributed by atoms with Gasteiger partial charge in [-0.3, -0.25) is 9.59 Å². The predicted molar refractivity (Wildman–Crippen MR) is 133 cm³/mol. The molecule has 0 saturated carbocycles. The number of Topliss-reactive ketones (excluding diaryl/α,β-unsaturated/α-hetero) is 1. The smallest absolute Gasteiger partial charge is 0.295 e. The standard InChI is InChI=1S/C28H33NO6/c1-4-13-35-23-12-11-20(15-18(23)3)26(30)24-25(19-8-6-9-21(16-19)33-5-2)29(28(32)27(24)31)17-22-10-7-14-34-22/h6,8-9,11-12,15-16,22,25,30H,4-5,7,10,13-14,17H2,1-3H3/b26-24+. The van der Waals surface area contributed by atoms with Crippen LogP contribution in [0.2, 0.25) is 0 Å². The third-order valence-corrected chi connectivity index (χ3v) is 6.36. The largest absolute Gasteiger partial charge is 0.507 e. The van der Waals surface area contributed by atoms with E-state index in [0.717, 1.165) is 30.6 Å². The molecule has 2 heterocycles. The summed E-state index contributed by atoms with van der Waals surface area (Å²) in [5.41, 5.74) is 2.08. The van der Waals surface area contributed by atoms with Crippen molar-refractivity contribution in [1.82, 2.24) is 4.90 Å². The number of ether oxygens (including phenoxy) is 3. The predicted octanol–water partition coefficient (Wildman–Crippen LogP) is 4.78. The first-order valence-corrected chi connectivity index (χ1v) is 12.3. The molecule has 2 fully saturated rings. The zero-order valence-electron chi connectivity index (χ0n) is 20.6. The van der Waals surface area contributed by atoms with Gasteiger partial charge in [0.1, 0.15) is 17.3 Å². The first kappa shape index (κ1) is 24.8. The molecule has 35 heavy (non-hydrogen) atoms. The fraction of sp³-hybridized carbons (Fsp3) is 0.429. The topological polar surface area (TPSA) is 85.3 Å². The number of carbonyl (C=O) groups excluding carboxylic acids is 2. The maximum Gasteiger partial charge on any atom is 0.295 e. The number of aryl methyl sites for hydroxylation is 1. The summed E-state index contributed by atoms with van der Waals surface area (Å²) in [5, 5.41) is 11.4. The number of benzene rings is 2. The lowest BCUT2D eigenvalue weighted by molar-refractivity contribution is -0.140. The second kappa shape index (κ2) is 11.0. The van der Waals surface area contributed by atoms with Gasteiger partial charge in [-0.05, 0) is 74.6 Å². The van der Waals surface area contributed by atoms with Gasteiger partial charge in [-0.25, -0.2) is 0 Å². The number of likely N-dealkylation sites (tertiary alicyclic amines) is 1. The Hall–Kier alpha value is -3.32. The van der Waals surface area contributed by atoms with Crippen molar-refractivity contribution in [3.05, 3.63) is 64.7 Å². The minimum Gasteiger partial charge on any atom is -0.507 e. The van der Waals surface area contributed by atoms with Crippen molar-refractivity contribution in [2.24, 2.45) is 0 Å². The van der Waals surface area contributed by atoms with Gasteiger partial charge in [0.15, 0.2) is 0 Å². The Kier molecular flexibility index (Phi) is 7.76. The van der Waals surface area contributed by atoms with Gasteiger partial charge in [-0.1, -0.05) is 19.1 Å². The van der Waals surface area contributed by atoms with E-state index in [0.29, 0.717) is 36.7 Å². The third kappa shape index (κ3) is 5.20. The van der Waals surface area contributed by atoms with Crippen LogP contribution in [-0.4, -0.2) is 54.2 Å². The zero-order valence-corrected chi connectivity index (χ0v) is 20.6. The molecule has 7 heteroatoms. The van der Waals surface area contributed by atoms with Crippen molar-refractivity contribution in [3.63, 3.8) is 0 Å². The number of nitrogens with zero attached hydrogens (tertiary/aromatic N) is 1. The Balaban J connectivity index is 1.78. The minimum atomic E-state index is -0.740. The number of carbonyl (C=O) groups is 2. The summed E-state index contributed by atoms with van der Waals surface area (Å²) >= 11 is 0. The molecule has 0 aromatic heterocycles. The lowest BCUT2D eigenvalue weighted by Gasteiger charge is -2.27. The van der Waals surface area contributed by atoms with Crippen LogP contribution >= 0.6 is 0 Å². The number of aliphatic hydroxyl groups excluding tert-OH is 1. The Labute approximate surface area is 206 Å². The molecule has 2 atom stereocenters. The molecule has 4 rings (SSSR count). The molecule has 0 bridgehead atoms. The highest BCUT2D eigenvalue weighted by Gasteiger charge is 2.47. The number of aliphatic hydroxyl groups is 1. The molecule has 2 aromatic rings. The molecule has 0 radical (unpaired) electrons. The van der Waals surface area contributed by atoms with Crippen LogP contribution in [0.15, 0.2) is 48.0 Å². The summed E-state index contributed by atoms with van der Waals surface area (Å²) in [6.07, 6.45) is 2.50. The van der Waals surface area contributed by atoms with Gasteiger partial charge >= 0.3 is 0 Å². The van der Waals surface area contributed by atoms with Crippen LogP contribution < -0.4 is 9.47 Å². The van der Waals surface area contributed by atoms with E-state index >= 15 is 0 Å². The maximum absolute atomic E-state index is 13.3. The van der Waals surface area contributed by atoms with E-state index in [9.17, 15) is 14.7 Å². The van der Waals surface area contributed by atoms with E-state index < -0.39 is 17.7 Å². The fourth-order valence-electron chi connectivity index (χ4n) is 4.69. The molecule has 0 aliphatic carbocycles. The molecule has 1 amide bonds. The second-order valence-electron chi connectivity index (χ2n) is 8.92. The number of ketones is 1. The summed E-state index contributed by atoms with van der Waals surface area (Å²) in [5.74, 6) is -0.163. The summed E-state index contributed by atoms with van der Waals surface area (Å²) < 4.78 is 17.2. The lowest BCUT2D eigenvalue weighted by Crippen LogP contribution is -2.36. The highest BCUT2D eigenvalue weighted by molar-refractivity contribution is 6.46. The van der Waals surface area contributed by atoms with Crippen LogP contribution in [0, 0.1) is 6.92 Å². The Morgan fingerprint density at radius 1 is 1.14 bits per heavy atom. The molecule has 0 spiro atoms. The van der Waals surface area contributed by atoms with Crippen LogP contribution in [-0.2, 0) is 14.3 Å². The first-order chi connectivity index (χ1) is 16.9. The molecule has 2 aliphatic heterocycles. The van der Waals surface area contributed by atoms with Crippen LogP contribution in [0.1, 0.15) is 55.8 Å². The van der Waals surface area contributed by atoms with E-state index in [1.165, 1.54) is 4.90 Å². The minimum absolute atomic E-state index is 0.0725. The van der Waals surface area contributed by atoms with E-state index in [-0.39, 0.29) is 24.0 Å². The van der Waals surface area contributed by atoms with E-state index in [2.05, 4.69) is 0 Å². The average molecular weight is 480 g/mol.